The molecular weight excluding hydrogens is 504 g/mol. The number of aromatic nitrogens is 2. The largest absolute Gasteiger partial charge is 0.454 e. The quantitative estimate of drug-likeness (QED) is 0.336. The Hall–Kier alpha value is -4.57. The Labute approximate surface area is 223 Å². The van der Waals surface area contributed by atoms with Gasteiger partial charge in [0.1, 0.15) is 6.04 Å². The highest BCUT2D eigenvalue weighted by Gasteiger charge is 2.34. The zero-order valence-corrected chi connectivity index (χ0v) is 21.5. The number of carbonyl (C=O) groups excluding carboxylic acids is 3. The molecular formula is C28H24N4O5S. The van der Waals surface area contributed by atoms with Crippen LogP contribution in [0, 0.1) is 6.92 Å². The molecule has 0 fully saturated rings. The van der Waals surface area contributed by atoms with Crippen molar-refractivity contribution in [3.05, 3.63) is 100 Å². The molecule has 5 rings (SSSR count). The summed E-state index contributed by atoms with van der Waals surface area (Å²) in [5.41, 5.74) is 3.50. The van der Waals surface area contributed by atoms with Crippen molar-refractivity contribution in [2.45, 2.75) is 26.4 Å². The third-order valence-corrected chi connectivity index (χ3v) is 6.66. The molecule has 1 aromatic heterocycles. The van der Waals surface area contributed by atoms with Crippen molar-refractivity contribution in [2.75, 3.05) is 11.7 Å². The van der Waals surface area contributed by atoms with Crippen LogP contribution < -0.4 is 19.7 Å². The number of carbonyl (C=O) groups is 3. The molecule has 2 amide bonds. The molecule has 1 unspecified atom stereocenters. The lowest BCUT2D eigenvalue weighted by molar-refractivity contribution is -0.122. The second kappa shape index (κ2) is 10.8. The maximum atomic E-state index is 13.9. The number of anilines is 1. The highest BCUT2D eigenvalue weighted by atomic mass is 32.1. The Morgan fingerprint density at radius 3 is 2.42 bits per heavy atom. The van der Waals surface area contributed by atoms with Crippen LogP contribution in [0.15, 0.2) is 72.1 Å². The predicted molar refractivity (Wildman–Crippen MR) is 141 cm³/mol. The first kappa shape index (κ1) is 25.1. The molecule has 0 saturated heterocycles. The van der Waals surface area contributed by atoms with Gasteiger partial charge in [-0.15, -0.1) is 5.10 Å². The van der Waals surface area contributed by atoms with Gasteiger partial charge in [-0.05, 0) is 72.9 Å². The van der Waals surface area contributed by atoms with Gasteiger partial charge in [-0.1, -0.05) is 40.4 Å². The number of nitrogens with zero attached hydrogens (tertiary/aromatic N) is 3. The number of fused-ring (bicyclic) bond motifs is 1. The Balaban J connectivity index is 1.52. The minimum Gasteiger partial charge on any atom is -0.454 e. The molecule has 0 saturated carbocycles. The van der Waals surface area contributed by atoms with E-state index in [1.165, 1.54) is 17.2 Å². The summed E-state index contributed by atoms with van der Waals surface area (Å²) < 4.78 is 14.6. The van der Waals surface area contributed by atoms with Crippen molar-refractivity contribution in [2.24, 2.45) is 0 Å². The maximum absolute atomic E-state index is 13.9. The average Bonchev–Trinajstić information content (AvgIpc) is 3.63. The van der Waals surface area contributed by atoms with Crippen molar-refractivity contribution < 1.29 is 23.9 Å². The number of rotatable bonds is 8. The molecule has 1 atom stereocenters. The molecule has 1 N–H and O–H groups in total. The van der Waals surface area contributed by atoms with Crippen LogP contribution in [0.4, 0.5) is 5.69 Å². The number of ketones is 1. The topological polar surface area (TPSA) is 111 Å². The summed E-state index contributed by atoms with van der Waals surface area (Å²) in [6.45, 7) is 3.79. The molecule has 192 valence electrons. The fourth-order valence-corrected chi connectivity index (χ4v) is 4.55. The van der Waals surface area contributed by atoms with Gasteiger partial charge in [-0.2, -0.15) is 0 Å². The van der Waals surface area contributed by atoms with Gasteiger partial charge < -0.3 is 14.8 Å². The van der Waals surface area contributed by atoms with Crippen LogP contribution in [-0.2, 0) is 11.3 Å². The van der Waals surface area contributed by atoms with Gasteiger partial charge in [0.05, 0.1) is 0 Å². The van der Waals surface area contributed by atoms with E-state index in [0.717, 1.165) is 22.7 Å². The number of amides is 2. The van der Waals surface area contributed by atoms with Crippen LogP contribution in [0.2, 0.25) is 0 Å². The second-order valence-electron chi connectivity index (χ2n) is 8.79. The molecule has 10 heteroatoms. The van der Waals surface area contributed by atoms with Crippen LogP contribution in [0.25, 0.3) is 0 Å². The van der Waals surface area contributed by atoms with Crippen LogP contribution in [-0.4, -0.2) is 34.0 Å². The molecule has 3 aromatic carbocycles. The van der Waals surface area contributed by atoms with Crippen molar-refractivity contribution in [1.82, 2.24) is 14.9 Å². The van der Waals surface area contributed by atoms with E-state index in [1.807, 2.05) is 43.3 Å². The standard InChI is InChI=1S/C28H24N4O5S/c1-17-3-6-21(7-4-17)26(27(34)29-14-19-5-12-24-25(13-19)37-16-36-24)32(28(35)23-15-38-31-30-23)22-10-8-20(9-11-22)18(2)33/h3-13,15,26H,14,16H2,1-2H3,(H,29,34). The highest BCUT2D eigenvalue weighted by molar-refractivity contribution is 7.03. The Bertz CT molecular complexity index is 1470. The van der Waals surface area contributed by atoms with E-state index < -0.39 is 17.9 Å². The molecule has 0 aliphatic carbocycles. The van der Waals surface area contributed by atoms with Crippen molar-refractivity contribution in [3.63, 3.8) is 0 Å². The fraction of sp³-hybridized carbons (Fsp3) is 0.179. The van der Waals surface area contributed by atoms with Crippen molar-refractivity contribution in [1.29, 1.82) is 0 Å². The summed E-state index contributed by atoms with van der Waals surface area (Å²) in [5.74, 6) is 0.289. The Morgan fingerprint density at radius 1 is 1.00 bits per heavy atom. The first-order valence-electron chi connectivity index (χ1n) is 11.8. The first-order chi connectivity index (χ1) is 18.4. The van der Waals surface area contributed by atoms with Gasteiger partial charge >= 0.3 is 0 Å². The molecule has 1 aliphatic heterocycles. The Morgan fingerprint density at radius 2 is 1.74 bits per heavy atom. The van der Waals surface area contributed by atoms with E-state index in [-0.39, 0.29) is 24.8 Å². The van der Waals surface area contributed by atoms with E-state index in [9.17, 15) is 14.4 Å². The van der Waals surface area contributed by atoms with Crippen molar-refractivity contribution >= 4 is 34.8 Å². The molecule has 0 spiro atoms. The number of nitrogens with one attached hydrogen (secondary N) is 1. The summed E-state index contributed by atoms with van der Waals surface area (Å²) in [6.07, 6.45) is 0. The van der Waals surface area contributed by atoms with Gasteiger partial charge in [-0.3, -0.25) is 19.3 Å². The van der Waals surface area contributed by atoms with Gasteiger partial charge in [0.15, 0.2) is 23.0 Å². The second-order valence-corrected chi connectivity index (χ2v) is 9.40. The molecule has 0 radical (unpaired) electrons. The minimum atomic E-state index is -1.03. The predicted octanol–water partition coefficient (Wildman–Crippen LogP) is 4.48. The highest BCUT2D eigenvalue weighted by Crippen LogP contribution is 2.33. The lowest BCUT2D eigenvalue weighted by Gasteiger charge is -2.31. The van der Waals surface area contributed by atoms with Gasteiger partial charge in [0, 0.05) is 23.2 Å². The van der Waals surface area contributed by atoms with Crippen LogP contribution >= 0.6 is 11.5 Å². The maximum Gasteiger partial charge on any atom is 0.280 e. The zero-order chi connectivity index (χ0) is 26.6. The SMILES string of the molecule is CC(=O)c1ccc(N(C(=O)c2csnn2)C(C(=O)NCc2ccc3c(c2)OCO3)c2ccc(C)cc2)cc1. The van der Waals surface area contributed by atoms with E-state index in [1.54, 1.807) is 30.3 Å². The van der Waals surface area contributed by atoms with E-state index in [0.29, 0.717) is 28.3 Å². The summed E-state index contributed by atoms with van der Waals surface area (Å²) >= 11 is 1.05. The van der Waals surface area contributed by atoms with Gasteiger partial charge in [0.25, 0.3) is 5.91 Å². The minimum absolute atomic E-state index is 0.102. The molecule has 4 aromatic rings. The van der Waals surface area contributed by atoms with Crippen LogP contribution in [0.3, 0.4) is 0 Å². The number of aryl methyl sites for hydroxylation is 1. The first-order valence-corrected chi connectivity index (χ1v) is 12.7. The van der Waals surface area contributed by atoms with E-state index >= 15 is 0 Å². The molecule has 38 heavy (non-hydrogen) atoms. The van der Waals surface area contributed by atoms with Crippen LogP contribution in [0.5, 0.6) is 11.5 Å². The third kappa shape index (κ3) is 5.25. The van der Waals surface area contributed by atoms with Crippen LogP contribution in [0.1, 0.15) is 50.5 Å². The summed E-state index contributed by atoms with van der Waals surface area (Å²) in [5, 5.41) is 8.45. The monoisotopic (exact) mass is 528 g/mol. The third-order valence-electron chi connectivity index (χ3n) is 6.15. The number of benzene rings is 3. The number of Topliss-reactive ketones (excluding diaryl/α,β-unsaturated/α-hetero) is 1. The summed E-state index contributed by atoms with van der Waals surface area (Å²) in [7, 11) is 0. The average molecular weight is 529 g/mol. The van der Waals surface area contributed by atoms with E-state index in [4.69, 9.17) is 9.47 Å². The fourth-order valence-electron chi connectivity index (χ4n) is 4.12. The van der Waals surface area contributed by atoms with E-state index in [2.05, 4.69) is 14.9 Å². The number of ether oxygens (including phenoxy) is 2. The van der Waals surface area contributed by atoms with Crippen molar-refractivity contribution in [3.8, 4) is 11.5 Å². The normalized spacial score (nSPS) is 12.6. The number of hydrogen-bond donors (Lipinski definition) is 1. The Kier molecular flexibility index (Phi) is 7.14. The smallest absolute Gasteiger partial charge is 0.280 e. The molecule has 1 aliphatic rings. The van der Waals surface area contributed by atoms with Gasteiger partial charge in [0.2, 0.25) is 12.7 Å². The molecule has 9 nitrogen and oxygen atoms in total. The summed E-state index contributed by atoms with van der Waals surface area (Å²) in [6, 6.07) is 18.4. The zero-order valence-electron chi connectivity index (χ0n) is 20.7. The van der Waals surface area contributed by atoms with Gasteiger partial charge in [-0.25, -0.2) is 0 Å². The number of hydrogen-bond acceptors (Lipinski definition) is 8. The molecule has 2 heterocycles. The summed E-state index contributed by atoms with van der Waals surface area (Å²) in [4.78, 5) is 40.9. The lowest BCUT2D eigenvalue weighted by atomic mass is 10.0. The molecule has 0 bridgehead atoms. The lowest BCUT2D eigenvalue weighted by Crippen LogP contribution is -2.44.